The molecule has 2 aromatic carbocycles. The molecule has 0 unspecified atom stereocenters. The SMILES string of the molecule is CCOc1ccc(/C=C/c2nc(C#N)c(N3CCC(Cc4ccccc4)CC3)o2)cc1. The summed E-state index contributed by atoms with van der Waals surface area (Å²) in [5.74, 6) is 2.55. The number of benzene rings is 2. The Morgan fingerprint density at radius 1 is 1.10 bits per heavy atom. The van der Waals surface area contributed by atoms with Crippen molar-refractivity contribution < 1.29 is 9.15 Å². The van der Waals surface area contributed by atoms with Gasteiger partial charge in [-0.3, -0.25) is 0 Å². The molecule has 1 aliphatic heterocycles. The first-order chi connectivity index (χ1) is 15.2. The summed E-state index contributed by atoms with van der Waals surface area (Å²) in [4.78, 5) is 6.53. The summed E-state index contributed by atoms with van der Waals surface area (Å²) in [5, 5.41) is 9.54. The van der Waals surface area contributed by atoms with Gasteiger partial charge < -0.3 is 14.1 Å². The van der Waals surface area contributed by atoms with Crippen molar-refractivity contribution in [1.82, 2.24) is 4.98 Å². The van der Waals surface area contributed by atoms with Gasteiger partial charge in [-0.2, -0.15) is 10.2 Å². The van der Waals surface area contributed by atoms with Gasteiger partial charge in [0.25, 0.3) is 0 Å². The molecule has 31 heavy (non-hydrogen) atoms. The van der Waals surface area contributed by atoms with E-state index in [-0.39, 0.29) is 0 Å². The van der Waals surface area contributed by atoms with E-state index in [1.165, 1.54) is 5.56 Å². The number of hydrogen-bond acceptors (Lipinski definition) is 5. The van der Waals surface area contributed by atoms with E-state index in [1.54, 1.807) is 0 Å². The lowest BCUT2D eigenvalue weighted by Gasteiger charge is -2.31. The number of nitriles is 1. The van der Waals surface area contributed by atoms with Gasteiger partial charge in [0.1, 0.15) is 11.8 Å². The molecule has 0 aliphatic carbocycles. The molecule has 4 rings (SSSR count). The van der Waals surface area contributed by atoms with Gasteiger partial charge in [0, 0.05) is 19.2 Å². The first kappa shape index (κ1) is 20.7. The fraction of sp³-hybridized carbons (Fsp3) is 0.308. The Labute approximate surface area is 183 Å². The van der Waals surface area contributed by atoms with Crippen LogP contribution in [0.15, 0.2) is 59.0 Å². The van der Waals surface area contributed by atoms with Crippen LogP contribution in [0.1, 0.15) is 42.5 Å². The second kappa shape index (κ2) is 9.99. The van der Waals surface area contributed by atoms with Crippen LogP contribution in [0, 0.1) is 17.2 Å². The zero-order valence-corrected chi connectivity index (χ0v) is 17.8. The van der Waals surface area contributed by atoms with Crippen molar-refractivity contribution in [2.24, 2.45) is 5.92 Å². The predicted octanol–water partition coefficient (Wildman–Crippen LogP) is 5.57. The largest absolute Gasteiger partial charge is 0.494 e. The lowest BCUT2D eigenvalue weighted by Crippen LogP contribution is -2.34. The summed E-state index contributed by atoms with van der Waals surface area (Å²) in [6, 6.07) is 20.7. The molecule has 3 aromatic rings. The summed E-state index contributed by atoms with van der Waals surface area (Å²) in [6.45, 7) is 4.37. The second-order valence-corrected chi connectivity index (χ2v) is 7.77. The Kier molecular flexibility index (Phi) is 6.68. The van der Waals surface area contributed by atoms with Crippen LogP contribution in [0.2, 0.25) is 0 Å². The van der Waals surface area contributed by atoms with Crippen molar-refractivity contribution in [2.75, 3.05) is 24.6 Å². The van der Waals surface area contributed by atoms with Crippen molar-refractivity contribution in [3.63, 3.8) is 0 Å². The van der Waals surface area contributed by atoms with Gasteiger partial charge in [0.15, 0.2) is 0 Å². The first-order valence-corrected chi connectivity index (χ1v) is 10.9. The first-order valence-electron chi connectivity index (χ1n) is 10.9. The number of piperidine rings is 1. The fourth-order valence-electron chi connectivity index (χ4n) is 3.98. The molecule has 0 N–H and O–H groups in total. The molecule has 0 amide bonds. The zero-order valence-electron chi connectivity index (χ0n) is 17.8. The van der Waals surface area contributed by atoms with Gasteiger partial charge in [0.2, 0.25) is 17.5 Å². The lowest BCUT2D eigenvalue weighted by atomic mass is 9.90. The molecular weight excluding hydrogens is 386 g/mol. The second-order valence-electron chi connectivity index (χ2n) is 7.77. The van der Waals surface area contributed by atoms with E-state index in [4.69, 9.17) is 9.15 Å². The van der Waals surface area contributed by atoms with Gasteiger partial charge in [0.05, 0.1) is 6.61 Å². The third-order valence-corrected chi connectivity index (χ3v) is 5.61. The van der Waals surface area contributed by atoms with Crippen molar-refractivity contribution in [1.29, 1.82) is 5.26 Å². The number of aromatic nitrogens is 1. The van der Waals surface area contributed by atoms with E-state index in [0.29, 0.717) is 30.0 Å². The maximum Gasteiger partial charge on any atom is 0.235 e. The van der Waals surface area contributed by atoms with Crippen molar-refractivity contribution in [3.05, 3.63) is 77.3 Å². The third-order valence-electron chi connectivity index (χ3n) is 5.61. The van der Waals surface area contributed by atoms with Gasteiger partial charge in [-0.05, 0) is 61.4 Å². The Bertz CT molecular complexity index is 1040. The standard InChI is InChI=1S/C26H27N3O2/c1-2-30-23-11-8-20(9-12-23)10-13-25-28-24(19-27)26(31-25)29-16-14-22(15-17-29)18-21-6-4-3-5-7-21/h3-13,22H,2,14-18H2,1H3/b13-10+. The van der Waals surface area contributed by atoms with Crippen LogP contribution < -0.4 is 9.64 Å². The normalized spacial score (nSPS) is 14.6. The van der Waals surface area contributed by atoms with Crippen molar-refractivity contribution in [3.8, 4) is 11.8 Å². The molecule has 1 fully saturated rings. The minimum Gasteiger partial charge on any atom is -0.494 e. The fourth-order valence-corrected chi connectivity index (χ4v) is 3.98. The highest BCUT2D eigenvalue weighted by atomic mass is 16.5. The highest BCUT2D eigenvalue weighted by Gasteiger charge is 2.25. The number of ether oxygens (including phenoxy) is 1. The highest BCUT2D eigenvalue weighted by Crippen LogP contribution is 2.29. The Hall–Kier alpha value is -3.52. The minimum atomic E-state index is 0.354. The van der Waals surface area contributed by atoms with E-state index >= 15 is 0 Å². The van der Waals surface area contributed by atoms with E-state index in [2.05, 4.69) is 46.3 Å². The van der Waals surface area contributed by atoms with Crippen LogP contribution in [0.4, 0.5) is 5.88 Å². The molecule has 158 valence electrons. The molecular formula is C26H27N3O2. The summed E-state index contributed by atoms with van der Waals surface area (Å²) < 4.78 is 11.4. The Morgan fingerprint density at radius 3 is 2.52 bits per heavy atom. The maximum atomic E-state index is 9.54. The molecule has 2 heterocycles. The van der Waals surface area contributed by atoms with Crippen LogP contribution in [-0.4, -0.2) is 24.7 Å². The molecule has 0 saturated carbocycles. The molecule has 5 nitrogen and oxygen atoms in total. The van der Waals surface area contributed by atoms with Gasteiger partial charge in [-0.1, -0.05) is 42.5 Å². The quantitative estimate of drug-likeness (QED) is 0.506. The van der Waals surface area contributed by atoms with Crippen LogP contribution in [-0.2, 0) is 6.42 Å². The molecule has 1 saturated heterocycles. The number of oxazole rings is 1. The van der Waals surface area contributed by atoms with Gasteiger partial charge >= 0.3 is 0 Å². The van der Waals surface area contributed by atoms with Crippen LogP contribution in [0.25, 0.3) is 12.2 Å². The maximum absolute atomic E-state index is 9.54. The summed E-state index contributed by atoms with van der Waals surface area (Å²) in [6.07, 6.45) is 7.00. The zero-order chi connectivity index (χ0) is 21.5. The summed E-state index contributed by atoms with van der Waals surface area (Å²) >= 11 is 0. The minimum absolute atomic E-state index is 0.354. The summed E-state index contributed by atoms with van der Waals surface area (Å²) in [7, 11) is 0. The van der Waals surface area contributed by atoms with E-state index < -0.39 is 0 Å². The molecule has 0 bridgehead atoms. The van der Waals surface area contributed by atoms with Crippen LogP contribution in [0.5, 0.6) is 5.75 Å². The molecule has 5 heteroatoms. The van der Waals surface area contributed by atoms with E-state index in [9.17, 15) is 5.26 Å². The lowest BCUT2D eigenvalue weighted by molar-refractivity contribution is 0.340. The van der Waals surface area contributed by atoms with Crippen molar-refractivity contribution >= 4 is 18.0 Å². The van der Waals surface area contributed by atoms with Crippen LogP contribution in [0.3, 0.4) is 0 Å². The number of rotatable bonds is 7. The highest BCUT2D eigenvalue weighted by molar-refractivity contribution is 5.67. The molecule has 1 aliphatic rings. The van der Waals surface area contributed by atoms with Crippen LogP contribution >= 0.6 is 0 Å². The molecule has 1 aromatic heterocycles. The Balaban J connectivity index is 1.39. The van der Waals surface area contributed by atoms with E-state index in [0.717, 1.165) is 43.7 Å². The topological polar surface area (TPSA) is 62.3 Å². The predicted molar refractivity (Wildman–Crippen MR) is 123 cm³/mol. The molecule has 0 atom stereocenters. The smallest absolute Gasteiger partial charge is 0.235 e. The monoisotopic (exact) mass is 413 g/mol. The number of nitrogens with zero attached hydrogens (tertiary/aromatic N) is 3. The van der Waals surface area contributed by atoms with Gasteiger partial charge in [-0.15, -0.1) is 0 Å². The molecule has 0 spiro atoms. The van der Waals surface area contributed by atoms with Crippen molar-refractivity contribution in [2.45, 2.75) is 26.2 Å². The van der Waals surface area contributed by atoms with E-state index in [1.807, 2.05) is 43.3 Å². The summed E-state index contributed by atoms with van der Waals surface area (Å²) in [5.41, 5.74) is 2.76. The third kappa shape index (κ3) is 5.35. The number of hydrogen-bond donors (Lipinski definition) is 0. The Morgan fingerprint density at radius 2 is 1.84 bits per heavy atom. The average molecular weight is 414 g/mol. The average Bonchev–Trinajstić information content (AvgIpc) is 3.23. The molecule has 0 radical (unpaired) electrons. The van der Waals surface area contributed by atoms with Gasteiger partial charge in [-0.25, -0.2) is 0 Å². The number of anilines is 1.